The molecule has 1 aliphatic carbocycles. The minimum Gasteiger partial charge on any atom is -0.0759 e. The first-order valence-electron chi connectivity index (χ1n) is 3.17. The first-order chi connectivity index (χ1) is 4.80. The Morgan fingerprint density at radius 3 is 1.70 bits per heavy atom. The molecule has 52 valence electrons. The highest BCUT2D eigenvalue weighted by Gasteiger charge is 2.32. The van der Waals surface area contributed by atoms with Crippen LogP contribution in [0.3, 0.4) is 0 Å². The molecule has 1 aliphatic rings. The maximum Gasteiger partial charge on any atom is 0.0521 e. The summed E-state index contributed by atoms with van der Waals surface area (Å²) in [5.74, 6) is 0. The number of halogens is 2. The third-order valence-corrected chi connectivity index (χ3v) is 6.00. The Morgan fingerprint density at radius 1 is 0.900 bits per heavy atom. The molecule has 0 bridgehead atoms. The van der Waals surface area contributed by atoms with E-state index in [1.807, 2.05) is 0 Å². The number of hydrogen-bond acceptors (Lipinski definition) is 0. The molecule has 2 rings (SSSR count). The molecule has 0 N–H and O–H groups in total. The van der Waals surface area contributed by atoms with Crippen LogP contribution in [0.1, 0.15) is 19.0 Å². The van der Waals surface area contributed by atoms with Gasteiger partial charge in [-0.15, -0.1) is 0 Å². The fourth-order valence-corrected chi connectivity index (χ4v) is 3.14. The largest absolute Gasteiger partial charge is 0.0759 e. The van der Waals surface area contributed by atoms with E-state index in [-0.39, 0.29) is 0 Å². The van der Waals surface area contributed by atoms with Crippen molar-refractivity contribution in [1.82, 2.24) is 0 Å². The Hall–Kier alpha value is 0.680. The van der Waals surface area contributed by atoms with Crippen LogP contribution in [-0.2, 0) is 0 Å². The first kappa shape index (κ1) is 7.34. The summed E-state index contributed by atoms with van der Waals surface area (Å²) >= 11 is 5.01. The van der Waals surface area contributed by atoms with Crippen LogP contribution in [0.2, 0.25) is 0 Å². The van der Waals surface area contributed by atoms with Crippen molar-refractivity contribution in [2.75, 3.05) is 0 Å². The molecule has 1 aromatic carbocycles. The number of rotatable bonds is 0. The van der Waals surface area contributed by atoms with E-state index in [0.29, 0.717) is 0 Å². The molecule has 0 aliphatic heterocycles. The van der Waals surface area contributed by atoms with E-state index in [2.05, 4.69) is 69.4 Å². The van der Waals surface area contributed by atoms with E-state index in [4.69, 9.17) is 0 Å². The Balaban J connectivity index is 2.50. The molecule has 0 spiro atoms. The van der Waals surface area contributed by atoms with Gasteiger partial charge in [0, 0.05) is 0 Å². The lowest BCUT2D eigenvalue weighted by Crippen LogP contribution is -2.13. The highest BCUT2D eigenvalue weighted by atomic mass is 127. The molecule has 0 unspecified atom stereocenters. The van der Waals surface area contributed by atoms with Crippen molar-refractivity contribution in [3.63, 3.8) is 0 Å². The van der Waals surface area contributed by atoms with E-state index in [9.17, 15) is 0 Å². The van der Waals surface area contributed by atoms with Crippen LogP contribution >= 0.6 is 45.2 Å². The molecule has 10 heavy (non-hydrogen) atoms. The Bertz CT molecular complexity index is 230. The third-order valence-electron chi connectivity index (χ3n) is 1.85. The van der Waals surface area contributed by atoms with Gasteiger partial charge in [0.2, 0.25) is 0 Å². The smallest absolute Gasteiger partial charge is 0.0521 e. The maximum absolute atomic E-state index is 2.50. The molecule has 0 nitrogen and oxygen atoms in total. The van der Waals surface area contributed by atoms with Gasteiger partial charge in [0.15, 0.2) is 0 Å². The molecular weight excluding hydrogens is 350 g/mol. The SMILES string of the molecule is I[C@@H]1c2ccccc2[C@@H]1I. The maximum atomic E-state index is 2.50. The summed E-state index contributed by atoms with van der Waals surface area (Å²) in [5.41, 5.74) is 3.06. The van der Waals surface area contributed by atoms with Crippen molar-refractivity contribution in [2.24, 2.45) is 0 Å². The lowest BCUT2D eigenvalue weighted by molar-refractivity contribution is 0.852. The molecule has 0 amide bonds. The second-order valence-corrected chi connectivity index (χ2v) is 5.12. The van der Waals surface area contributed by atoms with Crippen LogP contribution in [-0.4, -0.2) is 0 Å². The minimum absolute atomic E-state index is 0.745. The van der Waals surface area contributed by atoms with Gasteiger partial charge in [-0.1, -0.05) is 69.4 Å². The van der Waals surface area contributed by atoms with Crippen molar-refractivity contribution < 1.29 is 0 Å². The van der Waals surface area contributed by atoms with Gasteiger partial charge >= 0.3 is 0 Å². The van der Waals surface area contributed by atoms with Gasteiger partial charge in [0.25, 0.3) is 0 Å². The lowest BCUT2D eigenvalue weighted by Gasteiger charge is -2.31. The number of benzene rings is 1. The summed E-state index contributed by atoms with van der Waals surface area (Å²) in [6.45, 7) is 0. The summed E-state index contributed by atoms with van der Waals surface area (Å²) in [6.07, 6.45) is 0. The molecule has 0 radical (unpaired) electrons. The Kier molecular flexibility index (Phi) is 1.92. The zero-order valence-corrected chi connectivity index (χ0v) is 9.54. The zero-order chi connectivity index (χ0) is 7.14. The van der Waals surface area contributed by atoms with E-state index >= 15 is 0 Å². The normalized spacial score (nSPS) is 29.0. The summed E-state index contributed by atoms with van der Waals surface area (Å²) in [7, 11) is 0. The average molecular weight is 356 g/mol. The predicted octanol–water partition coefficient (Wildman–Crippen LogP) is 3.65. The fourth-order valence-electron chi connectivity index (χ4n) is 1.23. The van der Waals surface area contributed by atoms with Gasteiger partial charge in [-0.3, -0.25) is 0 Å². The molecule has 0 saturated carbocycles. The summed E-state index contributed by atoms with van der Waals surface area (Å²) < 4.78 is 1.49. The topological polar surface area (TPSA) is 0 Å². The molecule has 0 fully saturated rings. The second-order valence-electron chi connectivity index (χ2n) is 2.43. The van der Waals surface area contributed by atoms with Gasteiger partial charge < -0.3 is 0 Å². The Morgan fingerprint density at radius 2 is 1.30 bits per heavy atom. The van der Waals surface area contributed by atoms with E-state index in [1.165, 1.54) is 11.1 Å². The van der Waals surface area contributed by atoms with Gasteiger partial charge in [-0.25, -0.2) is 0 Å². The molecule has 0 saturated heterocycles. The first-order valence-corrected chi connectivity index (χ1v) is 5.67. The van der Waals surface area contributed by atoms with Crippen LogP contribution in [0.15, 0.2) is 24.3 Å². The third kappa shape index (κ3) is 0.913. The lowest BCUT2D eigenvalue weighted by atomic mass is 9.89. The molecule has 0 heterocycles. The van der Waals surface area contributed by atoms with Crippen molar-refractivity contribution >= 4 is 45.2 Å². The van der Waals surface area contributed by atoms with Crippen LogP contribution in [0, 0.1) is 0 Å². The van der Waals surface area contributed by atoms with E-state index in [1.54, 1.807) is 0 Å². The molecular formula is C8H6I2. The van der Waals surface area contributed by atoms with Gasteiger partial charge in [-0.05, 0) is 11.1 Å². The van der Waals surface area contributed by atoms with Crippen LogP contribution < -0.4 is 0 Å². The number of alkyl halides is 2. The monoisotopic (exact) mass is 356 g/mol. The average Bonchev–Trinajstić information content (AvgIpc) is 2.03. The van der Waals surface area contributed by atoms with Gasteiger partial charge in [0.05, 0.1) is 7.85 Å². The van der Waals surface area contributed by atoms with Crippen LogP contribution in [0.4, 0.5) is 0 Å². The predicted molar refractivity (Wildman–Crippen MR) is 60.0 cm³/mol. The summed E-state index contributed by atoms with van der Waals surface area (Å²) in [6, 6.07) is 8.68. The van der Waals surface area contributed by atoms with Crippen molar-refractivity contribution in [2.45, 2.75) is 7.85 Å². The van der Waals surface area contributed by atoms with Crippen LogP contribution in [0.5, 0.6) is 0 Å². The standard InChI is InChI=1S/C8H6I2/c9-7-5-3-1-2-4-6(5)8(7)10/h1-4,7-8H/t7-,8+. The van der Waals surface area contributed by atoms with Gasteiger partial charge in [-0.2, -0.15) is 0 Å². The number of hydrogen-bond donors (Lipinski definition) is 0. The fraction of sp³-hybridized carbons (Fsp3) is 0.250. The minimum atomic E-state index is 0.745. The Labute approximate surface area is 87.7 Å². The summed E-state index contributed by atoms with van der Waals surface area (Å²) in [4.78, 5) is 0. The quantitative estimate of drug-likeness (QED) is 0.492. The van der Waals surface area contributed by atoms with Crippen molar-refractivity contribution in [3.8, 4) is 0 Å². The van der Waals surface area contributed by atoms with Gasteiger partial charge in [0.1, 0.15) is 0 Å². The molecule has 0 aromatic heterocycles. The van der Waals surface area contributed by atoms with E-state index < -0.39 is 0 Å². The highest BCUT2D eigenvalue weighted by molar-refractivity contribution is 14.1. The highest BCUT2D eigenvalue weighted by Crippen LogP contribution is 2.54. The van der Waals surface area contributed by atoms with E-state index in [0.717, 1.165) is 7.85 Å². The van der Waals surface area contributed by atoms with Crippen molar-refractivity contribution in [3.05, 3.63) is 35.4 Å². The van der Waals surface area contributed by atoms with Crippen LogP contribution in [0.25, 0.3) is 0 Å². The molecule has 2 atom stereocenters. The molecule has 1 aromatic rings. The van der Waals surface area contributed by atoms with Crippen molar-refractivity contribution in [1.29, 1.82) is 0 Å². The summed E-state index contributed by atoms with van der Waals surface area (Å²) in [5, 5.41) is 0. The zero-order valence-electron chi connectivity index (χ0n) is 5.22. The second kappa shape index (κ2) is 2.62. The number of fused-ring (bicyclic) bond motifs is 1. The molecule has 2 heteroatoms.